The fourth-order valence-corrected chi connectivity index (χ4v) is 3.06. The molecule has 4 aromatic carbocycles. The number of fused-ring (bicyclic) bond motifs is 2. The lowest BCUT2D eigenvalue weighted by molar-refractivity contribution is 1.33. The zero-order valence-corrected chi connectivity index (χ0v) is 13.4. The van der Waals surface area contributed by atoms with Gasteiger partial charge in [0.25, 0.3) is 0 Å². The molecule has 0 atom stereocenters. The van der Waals surface area contributed by atoms with E-state index in [0.717, 1.165) is 5.69 Å². The number of anilines is 2. The molecular formula is C22H19N. The molecule has 1 heteroatoms. The minimum atomic E-state index is 1.13. The van der Waals surface area contributed by atoms with Gasteiger partial charge in [-0.1, -0.05) is 42.5 Å². The van der Waals surface area contributed by atoms with Crippen molar-refractivity contribution in [3.8, 4) is 0 Å². The normalized spacial score (nSPS) is 11.0. The molecular weight excluding hydrogens is 278 g/mol. The van der Waals surface area contributed by atoms with Crippen LogP contribution >= 0.6 is 0 Å². The quantitative estimate of drug-likeness (QED) is 0.425. The molecule has 0 spiro atoms. The second-order valence-corrected chi connectivity index (χ2v) is 6.13. The molecule has 0 aliphatic carbocycles. The van der Waals surface area contributed by atoms with Crippen LogP contribution in [-0.4, -0.2) is 0 Å². The van der Waals surface area contributed by atoms with E-state index in [-0.39, 0.29) is 0 Å². The van der Waals surface area contributed by atoms with Gasteiger partial charge in [0.15, 0.2) is 0 Å². The Hall–Kier alpha value is -2.80. The van der Waals surface area contributed by atoms with E-state index in [9.17, 15) is 0 Å². The summed E-state index contributed by atoms with van der Waals surface area (Å²) in [5, 5.41) is 8.66. The average Bonchev–Trinajstić information content (AvgIpc) is 2.57. The van der Waals surface area contributed by atoms with Gasteiger partial charge in [0.1, 0.15) is 0 Å². The molecule has 0 unspecified atom stereocenters. The molecule has 4 aromatic rings. The highest BCUT2D eigenvalue weighted by Crippen LogP contribution is 2.28. The summed E-state index contributed by atoms with van der Waals surface area (Å²) >= 11 is 0. The summed E-state index contributed by atoms with van der Waals surface area (Å²) in [4.78, 5) is 0. The third-order valence-electron chi connectivity index (χ3n) is 4.59. The third-order valence-corrected chi connectivity index (χ3v) is 4.59. The van der Waals surface area contributed by atoms with E-state index in [0.29, 0.717) is 0 Å². The minimum Gasteiger partial charge on any atom is -0.355 e. The highest BCUT2D eigenvalue weighted by Gasteiger charge is 2.03. The van der Waals surface area contributed by atoms with Gasteiger partial charge in [0.05, 0.1) is 0 Å². The van der Waals surface area contributed by atoms with Crippen LogP contribution in [0.2, 0.25) is 0 Å². The van der Waals surface area contributed by atoms with Crippen molar-refractivity contribution in [1.82, 2.24) is 0 Å². The molecule has 1 N–H and O–H groups in total. The second-order valence-electron chi connectivity index (χ2n) is 6.13. The first kappa shape index (κ1) is 13.8. The second kappa shape index (κ2) is 5.44. The molecule has 4 rings (SSSR count). The van der Waals surface area contributed by atoms with Crippen LogP contribution in [0.25, 0.3) is 21.5 Å². The van der Waals surface area contributed by atoms with E-state index < -0.39 is 0 Å². The number of nitrogens with one attached hydrogen (secondary N) is 1. The number of hydrogen-bond donors (Lipinski definition) is 1. The van der Waals surface area contributed by atoms with E-state index in [4.69, 9.17) is 0 Å². The summed E-state index contributed by atoms with van der Waals surface area (Å²) < 4.78 is 0. The van der Waals surface area contributed by atoms with Gasteiger partial charge in [0.2, 0.25) is 0 Å². The van der Waals surface area contributed by atoms with Gasteiger partial charge < -0.3 is 5.32 Å². The maximum Gasteiger partial charge on any atom is 0.0416 e. The topological polar surface area (TPSA) is 12.0 Å². The first-order valence-corrected chi connectivity index (χ1v) is 7.96. The van der Waals surface area contributed by atoms with Gasteiger partial charge in [-0.05, 0) is 76.9 Å². The zero-order chi connectivity index (χ0) is 15.8. The molecule has 112 valence electrons. The molecule has 0 saturated carbocycles. The smallest absolute Gasteiger partial charge is 0.0416 e. The number of hydrogen-bond acceptors (Lipinski definition) is 1. The Bertz CT molecular complexity index is 1010. The molecule has 0 heterocycles. The molecule has 0 radical (unpaired) electrons. The Morgan fingerprint density at radius 3 is 2.09 bits per heavy atom. The van der Waals surface area contributed by atoms with Crippen LogP contribution < -0.4 is 5.32 Å². The molecule has 0 aliphatic rings. The van der Waals surface area contributed by atoms with E-state index in [1.165, 1.54) is 38.4 Å². The summed E-state index contributed by atoms with van der Waals surface area (Å²) in [6, 6.07) is 26.0. The van der Waals surface area contributed by atoms with Gasteiger partial charge in [0, 0.05) is 11.4 Å². The maximum atomic E-state index is 3.55. The van der Waals surface area contributed by atoms with Gasteiger partial charge in [-0.2, -0.15) is 0 Å². The van der Waals surface area contributed by atoms with Gasteiger partial charge in [-0.25, -0.2) is 0 Å². The van der Waals surface area contributed by atoms with E-state index >= 15 is 0 Å². The molecule has 0 aromatic heterocycles. The molecule has 0 amide bonds. The van der Waals surface area contributed by atoms with Crippen molar-refractivity contribution in [3.63, 3.8) is 0 Å². The Labute approximate surface area is 136 Å². The average molecular weight is 297 g/mol. The molecule has 0 fully saturated rings. The molecule has 0 saturated heterocycles. The first-order valence-electron chi connectivity index (χ1n) is 7.96. The van der Waals surface area contributed by atoms with Crippen LogP contribution in [-0.2, 0) is 0 Å². The fraction of sp³-hybridized carbons (Fsp3) is 0.0909. The molecule has 0 aliphatic heterocycles. The summed E-state index contributed by atoms with van der Waals surface area (Å²) in [7, 11) is 0. The molecule has 23 heavy (non-hydrogen) atoms. The van der Waals surface area contributed by atoms with Crippen molar-refractivity contribution in [2.45, 2.75) is 13.8 Å². The number of rotatable bonds is 2. The zero-order valence-electron chi connectivity index (χ0n) is 13.4. The van der Waals surface area contributed by atoms with E-state index in [2.05, 4.69) is 92.0 Å². The van der Waals surface area contributed by atoms with Crippen molar-refractivity contribution in [3.05, 3.63) is 83.9 Å². The van der Waals surface area contributed by atoms with Crippen molar-refractivity contribution in [1.29, 1.82) is 0 Å². The minimum absolute atomic E-state index is 1.13. The molecule has 0 bridgehead atoms. The van der Waals surface area contributed by atoms with Crippen molar-refractivity contribution >= 4 is 32.9 Å². The Kier molecular flexibility index (Phi) is 3.27. The lowest BCUT2D eigenvalue weighted by atomic mass is 10.0. The van der Waals surface area contributed by atoms with Gasteiger partial charge in [-0.15, -0.1) is 0 Å². The van der Waals surface area contributed by atoms with Crippen molar-refractivity contribution in [2.75, 3.05) is 5.32 Å². The number of aryl methyl sites for hydroxylation is 1. The predicted octanol–water partition coefficient (Wildman–Crippen LogP) is 6.35. The lowest BCUT2D eigenvalue weighted by Crippen LogP contribution is -1.94. The monoisotopic (exact) mass is 297 g/mol. The van der Waals surface area contributed by atoms with Crippen molar-refractivity contribution < 1.29 is 0 Å². The maximum absolute atomic E-state index is 3.55. The summed E-state index contributed by atoms with van der Waals surface area (Å²) in [5.74, 6) is 0. The first-order chi connectivity index (χ1) is 11.2. The summed E-state index contributed by atoms with van der Waals surface area (Å²) in [5.41, 5.74) is 4.90. The fourth-order valence-electron chi connectivity index (χ4n) is 3.06. The third kappa shape index (κ3) is 2.55. The molecule has 1 nitrogen and oxygen atoms in total. The Balaban J connectivity index is 1.79. The van der Waals surface area contributed by atoms with E-state index in [1.807, 2.05) is 0 Å². The van der Waals surface area contributed by atoms with Crippen LogP contribution in [0.15, 0.2) is 72.8 Å². The van der Waals surface area contributed by atoms with Crippen LogP contribution in [0.5, 0.6) is 0 Å². The van der Waals surface area contributed by atoms with Crippen molar-refractivity contribution in [2.24, 2.45) is 0 Å². The van der Waals surface area contributed by atoms with Gasteiger partial charge in [-0.3, -0.25) is 0 Å². The summed E-state index contributed by atoms with van der Waals surface area (Å²) in [6.07, 6.45) is 0. The standard InChI is InChI=1S/C22H19N/c1-15-6-5-9-22(16(15)2)23-21-11-10-19-12-17-7-3-4-8-18(17)13-20(19)14-21/h3-14,23H,1-2H3. The Morgan fingerprint density at radius 2 is 1.30 bits per heavy atom. The number of benzene rings is 4. The van der Waals surface area contributed by atoms with E-state index in [1.54, 1.807) is 0 Å². The van der Waals surface area contributed by atoms with Crippen LogP contribution in [0.4, 0.5) is 11.4 Å². The van der Waals surface area contributed by atoms with Crippen LogP contribution in [0.3, 0.4) is 0 Å². The highest BCUT2D eigenvalue weighted by atomic mass is 14.9. The SMILES string of the molecule is Cc1cccc(Nc2ccc3cc4ccccc4cc3c2)c1C. The predicted molar refractivity (Wildman–Crippen MR) is 101 cm³/mol. The van der Waals surface area contributed by atoms with Crippen LogP contribution in [0, 0.1) is 13.8 Å². The lowest BCUT2D eigenvalue weighted by Gasteiger charge is -2.12. The Morgan fingerprint density at radius 1 is 0.609 bits per heavy atom. The van der Waals surface area contributed by atoms with Gasteiger partial charge >= 0.3 is 0 Å². The highest BCUT2D eigenvalue weighted by molar-refractivity contribution is 5.99. The van der Waals surface area contributed by atoms with Crippen LogP contribution in [0.1, 0.15) is 11.1 Å². The largest absolute Gasteiger partial charge is 0.355 e. The summed E-state index contributed by atoms with van der Waals surface area (Å²) in [6.45, 7) is 4.30.